The van der Waals surface area contributed by atoms with Crippen LogP contribution in [-0.4, -0.2) is 36.6 Å². The van der Waals surface area contributed by atoms with Crippen LogP contribution in [0.25, 0.3) is 0 Å². The molecule has 2 aromatic rings. The molecule has 0 saturated carbocycles. The Balaban J connectivity index is 1.24. The number of amides is 2. The van der Waals surface area contributed by atoms with Gasteiger partial charge in [0.15, 0.2) is 11.5 Å². The third kappa shape index (κ3) is 3.90. The van der Waals surface area contributed by atoms with E-state index in [1.165, 1.54) is 17.7 Å². The fourth-order valence-corrected chi connectivity index (χ4v) is 5.68. The zero-order valence-electron chi connectivity index (χ0n) is 16.9. The molecule has 5 rings (SSSR count). The second-order valence-corrected chi connectivity index (χ2v) is 9.40. The van der Waals surface area contributed by atoms with Crippen LogP contribution in [0.1, 0.15) is 52.2 Å². The Bertz CT molecular complexity index is 962. The first-order valence-electron chi connectivity index (χ1n) is 10.8. The number of thiophene rings is 1. The van der Waals surface area contributed by atoms with Gasteiger partial charge >= 0.3 is 0 Å². The van der Waals surface area contributed by atoms with Crippen molar-refractivity contribution in [1.82, 2.24) is 4.90 Å². The average Bonchev–Trinajstić information content (AvgIpc) is 3.31. The molecule has 2 amide bonds. The summed E-state index contributed by atoms with van der Waals surface area (Å²) in [5.74, 6) is 1.46. The number of hydrogen-bond acceptors (Lipinski definition) is 5. The van der Waals surface area contributed by atoms with Gasteiger partial charge in [0.1, 0.15) is 0 Å². The standard InChI is InChI=1S/C23H26N2O4S/c26-22(24-17-6-7-18-19(13-17)29-14-28-18)15-5-8-20-16(11-15)12-21(30-20)23(27)25-9-3-1-2-4-10-25/h6-7,12-13,15H,1-5,8-11,14H2,(H,24,26)/t15-/m0/s1. The van der Waals surface area contributed by atoms with Gasteiger partial charge in [0.2, 0.25) is 12.7 Å². The first-order valence-corrected chi connectivity index (χ1v) is 11.6. The summed E-state index contributed by atoms with van der Waals surface area (Å²) in [4.78, 5) is 29.9. The van der Waals surface area contributed by atoms with E-state index in [0.29, 0.717) is 17.9 Å². The van der Waals surface area contributed by atoms with Gasteiger partial charge in [-0.2, -0.15) is 0 Å². The molecule has 2 aliphatic heterocycles. The molecule has 0 bridgehead atoms. The Hall–Kier alpha value is -2.54. The van der Waals surface area contributed by atoms with E-state index < -0.39 is 0 Å². The number of anilines is 1. The lowest BCUT2D eigenvalue weighted by Gasteiger charge is -2.21. The van der Waals surface area contributed by atoms with Crippen LogP contribution < -0.4 is 14.8 Å². The minimum atomic E-state index is -0.0846. The van der Waals surface area contributed by atoms with Gasteiger partial charge in [-0.05, 0) is 55.9 Å². The summed E-state index contributed by atoms with van der Waals surface area (Å²) in [6.45, 7) is 1.94. The fraction of sp³-hybridized carbons (Fsp3) is 0.478. The highest BCUT2D eigenvalue weighted by atomic mass is 32.1. The van der Waals surface area contributed by atoms with Crippen LogP contribution in [0.4, 0.5) is 5.69 Å². The maximum atomic E-state index is 13.0. The van der Waals surface area contributed by atoms with Crippen LogP contribution in [0.15, 0.2) is 24.3 Å². The summed E-state index contributed by atoms with van der Waals surface area (Å²) < 4.78 is 10.7. The topological polar surface area (TPSA) is 67.9 Å². The summed E-state index contributed by atoms with van der Waals surface area (Å²) in [6, 6.07) is 7.49. The van der Waals surface area contributed by atoms with Crippen molar-refractivity contribution in [3.05, 3.63) is 39.6 Å². The number of hydrogen-bond donors (Lipinski definition) is 1. The number of ether oxygens (including phenoxy) is 2. The maximum Gasteiger partial charge on any atom is 0.263 e. The van der Waals surface area contributed by atoms with Gasteiger partial charge < -0.3 is 19.7 Å². The molecule has 1 saturated heterocycles. The van der Waals surface area contributed by atoms with Crippen molar-refractivity contribution in [3.8, 4) is 11.5 Å². The second kappa shape index (κ2) is 8.30. The predicted octanol–water partition coefficient (Wildman–Crippen LogP) is 4.24. The normalized spacial score (nSPS) is 20.4. The molecule has 1 aromatic heterocycles. The van der Waals surface area contributed by atoms with E-state index in [1.807, 2.05) is 23.1 Å². The van der Waals surface area contributed by atoms with Gasteiger partial charge in [-0.25, -0.2) is 0 Å². The van der Waals surface area contributed by atoms with E-state index in [4.69, 9.17) is 9.47 Å². The SMILES string of the molecule is O=C(Nc1ccc2c(c1)OCO2)[C@H]1CCc2sc(C(=O)N3CCCCCC3)cc2C1. The van der Waals surface area contributed by atoms with Gasteiger partial charge in [-0.15, -0.1) is 11.3 Å². The molecular weight excluding hydrogens is 400 g/mol. The van der Waals surface area contributed by atoms with Crippen molar-refractivity contribution < 1.29 is 19.1 Å². The number of rotatable bonds is 3. The molecule has 3 aliphatic rings. The predicted molar refractivity (Wildman–Crippen MR) is 115 cm³/mol. The molecule has 0 spiro atoms. The van der Waals surface area contributed by atoms with E-state index in [1.54, 1.807) is 17.4 Å². The summed E-state index contributed by atoms with van der Waals surface area (Å²) in [5, 5.41) is 3.01. The first-order chi connectivity index (χ1) is 14.7. The number of nitrogens with zero attached hydrogens (tertiary/aromatic N) is 1. The van der Waals surface area contributed by atoms with Crippen molar-refractivity contribution >= 4 is 28.8 Å². The first kappa shape index (κ1) is 19.4. The average molecular weight is 427 g/mol. The second-order valence-electron chi connectivity index (χ2n) is 8.26. The molecule has 1 N–H and O–H groups in total. The molecule has 3 heterocycles. The van der Waals surface area contributed by atoms with Crippen LogP contribution in [0.2, 0.25) is 0 Å². The van der Waals surface area contributed by atoms with E-state index in [0.717, 1.165) is 54.9 Å². The Labute approximate surface area is 180 Å². The quantitative estimate of drug-likeness (QED) is 0.797. The van der Waals surface area contributed by atoms with Crippen LogP contribution in [-0.2, 0) is 17.6 Å². The van der Waals surface area contributed by atoms with Crippen molar-refractivity contribution in [2.24, 2.45) is 5.92 Å². The van der Waals surface area contributed by atoms with Gasteiger partial charge in [0, 0.05) is 35.6 Å². The maximum absolute atomic E-state index is 13.0. The lowest BCUT2D eigenvalue weighted by molar-refractivity contribution is -0.120. The minimum absolute atomic E-state index is 0.0195. The summed E-state index contributed by atoms with van der Waals surface area (Å²) in [7, 11) is 0. The Morgan fingerprint density at radius 2 is 1.83 bits per heavy atom. The van der Waals surface area contributed by atoms with Crippen LogP contribution >= 0.6 is 11.3 Å². The number of fused-ring (bicyclic) bond motifs is 2. The number of nitrogens with one attached hydrogen (secondary N) is 1. The number of carbonyl (C=O) groups is 2. The van der Waals surface area contributed by atoms with Crippen molar-refractivity contribution in [3.63, 3.8) is 0 Å². The fourth-order valence-electron chi connectivity index (χ4n) is 4.50. The van der Waals surface area contributed by atoms with Gasteiger partial charge in [0.25, 0.3) is 5.91 Å². The zero-order valence-corrected chi connectivity index (χ0v) is 17.8. The van der Waals surface area contributed by atoms with Crippen LogP contribution in [0.3, 0.4) is 0 Å². The molecule has 0 unspecified atom stereocenters. The molecular formula is C23H26N2O4S. The molecule has 1 atom stereocenters. The smallest absolute Gasteiger partial charge is 0.263 e. The van der Waals surface area contributed by atoms with Crippen molar-refractivity contribution in [2.45, 2.75) is 44.9 Å². The summed E-state index contributed by atoms with van der Waals surface area (Å²) in [5.41, 5.74) is 1.88. The monoisotopic (exact) mass is 426 g/mol. The molecule has 1 fully saturated rings. The summed E-state index contributed by atoms with van der Waals surface area (Å²) in [6.07, 6.45) is 6.97. The number of carbonyl (C=O) groups excluding carboxylic acids is 2. The highest BCUT2D eigenvalue weighted by molar-refractivity contribution is 7.14. The Morgan fingerprint density at radius 1 is 1.03 bits per heavy atom. The van der Waals surface area contributed by atoms with Crippen molar-refractivity contribution in [1.29, 1.82) is 0 Å². The zero-order chi connectivity index (χ0) is 20.5. The van der Waals surface area contributed by atoms with Gasteiger partial charge in [0.05, 0.1) is 4.88 Å². The third-order valence-corrected chi connectivity index (χ3v) is 7.42. The molecule has 6 nitrogen and oxygen atoms in total. The number of benzene rings is 1. The molecule has 30 heavy (non-hydrogen) atoms. The van der Waals surface area contributed by atoms with E-state index >= 15 is 0 Å². The lowest BCUT2D eigenvalue weighted by Crippen LogP contribution is -2.31. The van der Waals surface area contributed by atoms with Gasteiger partial charge in [-0.1, -0.05) is 12.8 Å². The third-order valence-electron chi connectivity index (χ3n) is 6.20. The molecule has 1 aliphatic carbocycles. The molecule has 158 valence electrons. The summed E-state index contributed by atoms with van der Waals surface area (Å²) >= 11 is 1.62. The van der Waals surface area contributed by atoms with E-state index in [-0.39, 0.29) is 24.5 Å². The van der Waals surface area contributed by atoms with Gasteiger partial charge in [-0.3, -0.25) is 9.59 Å². The minimum Gasteiger partial charge on any atom is -0.454 e. The molecule has 1 aromatic carbocycles. The van der Waals surface area contributed by atoms with Crippen LogP contribution in [0.5, 0.6) is 11.5 Å². The highest BCUT2D eigenvalue weighted by Crippen LogP contribution is 2.36. The molecule has 7 heteroatoms. The highest BCUT2D eigenvalue weighted by Gasteiger charge is 2.29. The lowest BCUT2D eigenvalue weighted by atomic mass is 9.87. The number of likely N-dealkylation sites (tertiary alicyclic amines) is 1. The number of aryl methyl sites for hydroxylation is 1. The Kier molecular flexibility index (Phi) is 5.37. The molecule has 0 radical (unpaired) electrons. The van der Waals surface area contributed by atoms with E-state index in [2.05, 4.69) is 5.32 Å². The van der Waals surface area contributed by atoms with Crippen LogP contribution in [0, 0.1) is 5.92 Å². The van der Waals surface area contributed by atoms with Crippen molar-refractivity contribution in [2.75, 3.05) is 25.2 Å². The Morgan fingerprint density at radius 3 is 2.67 bits per heavy atom. The largest absolute Gasteiger partial charge is 0.454 e. The van der Waals surface area contributed by atoms with E-state index in [9.17, 15) is 9.59 Å².